The lowest BCUT2D eigenvalue weighted by Crippen LogP contribution is -2.53. The van der Waals surface area contributed by atoms with Crippen LogP contribution in [0.3, 0.4) is 0 Å². The number of carbonyl (C=O) groups is 1. The van der Waals surface area contributed by atoms with Crippen LogP contribution in [0.25, 0.3) is 0 Å². The largest absolute Gasteiger partial charge is 0.368 e. The Kier molecular flexibility index (Phi) is 8.62. The zero-order valence-electron chi connectivity index (χ0n) is 13.2. The van der Waals surface area contributed by atoms with Gasteiger partial charge in [0.1, 0.15) is 0 Å². The summed E-state index contributed by atoms with van der Waals surface area (Å²) in [5.74, 6) is 1.01. The van der Waals surface area contributed by atoms with Crippen molar-refractivity contribution in [1.29, 1.82) is 0 Å². The van der Waals surface area contributed by atoms with E-state index >= 15 is 0 Å². The second-order valence-corrected chi connectivity index (χ2v) is 7.62. The normalized spacial score (nSPS) is 19.7. The van der Waals surface area contributed by atoms with E-state index in [1.54, 1.807) is 0 Å². The fraction of sp³-hybridized carbons (Fsp3) is 0.938. The van der Waals surface area contributed by atoms with E-state index in [1.807, 2.05) is 6.92 Å². The first-order valence-corrected chi connectivity index (χ1v) is 9.30. The van der Waals surface area contributed by atoms with E-state index in [1.165, 1.54) is 44.3 Å². The Balaban J connectivity index is 2.15. The van der Waals surface area contributed by atoms with Crippen molar-refractivity contribution in [1.82, 2.24) is 5.32 Å². The SMILES string of the molecule is CCCNC(C)(CCCCSC1CCCCC1)C(N)=O. The molecule has 3 N–H and O–H groups in total. The molecule has 3 nitrogen and oxygen atoms in total. The standard InChI is InChI=1S/C16H32N2OS/c1-3-12-18-16(2,15(17)19)11-7-8-13-20-14-9-5-4-6-10-14/h14,18H,3-13H2,1-2H3,(H2,17,19). The zero-order chi connectivity index (χ0) is 14.8. The molecular weight excluding hydrogens is 268 g/mol. The molecule has 1 saturated carbocycles. The second-order valence-electron chi connectivity index (χ2n) is 6.21. The smallest absolute Gasteiger partial charge is 0.237 e. The third-order valence-electron chi connectivity index (χ3n) is 4.29. The third kappa shape index (κ3) is 6.49. The first kappa shape index (κ1) is 17.8. The summed E-state index contributed by atoms with van der Waals surface area (Å²) in [4.78, 5) is 11.6. The van der Waals surface area contributed by atoms with Gasteiger partial charge in [0.15, 0.2) is 0 Å². The molecule has 1 amide bonds. The minimum Gasteiger partial charge on any atom is -0.368 e. The first-order chi connectivity index (χ1) is 9.58. The highest BCUT2D eigenvalue weighted by atomic mass is 32.2. The van der Waals surface area contributed by atoms with Gasteiger partial charge in [0, 0.05) is 5.25 Å². The van der Waals surface area contributed by atoms with Gasteiger partial charge < -0.3 is 11.1 Å². The molecule has 118 valence electrons. The van der Waals surface area contributed by atoms with Gasteiger partial charge in [-0.3, -0.25) is 4.79 Å². The third-order valence-corrected chi connectivity index (χ3v) is 5.75. The number of primary amides is 1. The van der Waals surface area contributed by atoms with E-state index in [9.17, 15) is 4.79 Å². The van der Waals surface area contributed by atoms with Gasteiger partial charge in [-0.25, -0.2) is 0 Å². The van der Waals surface area contributed by atoms with Gasteiger partial charge in [-0.2, -0.15) is 11.8 Å². The summed E-state index contributed by atoms with van der Waals surface area (Å²) in [6.07, 6.45) is 11.2. The highest BCUT2D eigenvalue weighted by Crippen LogP contribution is 2.29. The maximum absolute atomic E-state index is 11.6. The van der Waals surface area contributed by atoms with Crippen molar-refractivity contribution in [3.05, 3.63) is 0 Å². The monoisotopic (exact) mass is 300 g/mol. The molecule has 4 heteroatoms. The number of nitrogens with two attached hydrogens (primary N) is 1. The Bertz CT molecular complexity index is 280. The predicted molar refractivity (Wildman–Crippen MR) is 89.1 cm³/mol. The lowest BCUT2D eigenvalue weighted by Gasteiger charge is -2.27. The van der Waals surface area contributed by atoms with Crippen LogP contribution in [0.2, 0.25) is 0 Å². The van der Waals surface area contributed by atoms with Crippen molar-refractivity contribution in [2.45, 2.75) is 82.4 Å². The van der Waals surface area contributed by atoms with Gasteiger partial charge in [0.2, 0.25) is 5.91 Å². The van der Waals surface area contributed by atoms with Crippen LogP contribution in [-0.4, -0.2) is 29.0 Å². The summed E-state index contributed by atoms with van der Waals surface area (Å²) < 4.78 is 0. The van der Waals surface area contributed by atoms with Crippen molar-refractivity contribution in [3.8, 4) is 0 Å². The van der Waals surface area contributed by atoms with Crippen LogP contribution in [0.1, 0.15) is 71.6 Å². The van der Waals surface area contributed by atoms with Gasteiger partial charge in [0.25, 0.3) is 0 Å². The van der Waals surface area contributed by atoms with Crippen LogP contribution in [0.5, 0.6) is 0 Å². The summed E-state index contributed by atoms with van der Waals surface area (Å²) in [5.41, 5.74) is 5.01. The molecule has 0 radical (unpaired) electrons. The molecule has 1 aliphatic carbocycles. The van der Waals surface area contributed by atoms with Gasteiger partial charge in [-0.15, -0.1) is 0 Å². The lowest BCUT2D eigenvalue weighted by molar-refractivity contribution is -0.124. The van der Waals surface area contributed by atoms with Crippen LogP contribution in [0, 0.1) is 0 Å². The van der Waals surface area contributed by atoms with E-state index in [0.717, 1.165) is 31.1 Å². The summed E-state index contributed by atoms with van der Waals surface area (Å²) in [5, 5.41) is 4.20. The summed E-state index contributed by atoms with van der Waals surface area (Å²) >= 11 is 2.14. The number of hydrogen-bond acceptors (Lipinski definition) is 3. The fourth-order valence-corrected chi connectivity index (χ4v) is 4.13. The van der Waals surface area contributed by atoms with Crippen molar-refractivity contribution in [2.24, 2.45) is 5.73 Å². The molecule has 1 rings (SSSR count). The van der Waals surface area contributed by atoms with E-state index in [-0.39, 0.29) is 5.91 Å². The summed E-state index contributed by atoms with van der Waals surface area (Å²) in [6.45, 7) is 4.91. The molecule has 0 aromatic heterocycles. The van der Waals surface area contributed by atoms with Crippen LogP contribution in [0.15, 0.2) is 0 Å². The molecule has 0 saturated heterocycles. The molecule has 0 bridgehead atoms. The number of unbranched alkanes of at least 4 members (excludes halogenated alkanes) is 1. The van der Waals surface area contributed by atoms with Crippen LogP contribution >= 0.6 is 11.8 Å². The number of carbonyl (C=O) groups excluding carboxylic acids is 1. The van der Waals surface area contributed by atoms with Crippen LogP contribution in [0.4, 0.5) is 0 Å². The minimum absolute atomic E-state index is 0.217. The molecule has 1 aliphatic rings. The van der Waals surface area contributed by atoms with Crippen LogP contribution < -0.4 is 11.1 Å². The molecule has 0 aromatic carbocycles. The Morgan fingerprint density at radius 1 is 1.30 bits per heavy atom. The molecular formula is C16H32N2OS. The zero-order valence-corrected chi connectivity index (χ0v) is 14.1. The average molecular weight is 301 g/mol. The van der Waals surface area contributed by atoms with Gasteiger partial charge >= 0.3 is 0 Å². The van der Waals surface area contributed by atoms with Crippen molar-refractivity contribution in [2.75, 3.05) is 12.3 Å². The van der Waals surface area contributed by atoms with Crippen molar-refractivity contribution < 1.29 is 4.79 Å². The van der Waals surface area contributed by atoms with Gasteiger partial charge in [0.05, 0.1) is 5.54 Å². The molecule has 0 aromatic rings. The Morgan fingerprint density at radius 2 is 2.00 bits per heavy atom. The van der Waals surface area contributed by atoms with E-state index in [4.69, 9.17) is 5.73 Å². The van der Waals surface area contributed by atoms with E-state index < -0.39 is 5.54 Å². The van der Waals surface area contributed by atoms with Crippen molar-refractivity contribution >= 4 is 17.7 Å². The number of thioether (sulfide) groups is 1. The Hall–Kier alpha value is -0.220. The maximum Gasteiger partial charge on any atom is 0.237 e. The number of rotatable bonds is 10. The first-order valence-electron chi connectivity index (χ1n) is 8.25. The highest BCUT2D eigenvalue weighted by molar-refractivity contribution is 7.99. The molecule has 0 heterocycles. The molecule has 0 aliphatic heterocycles. The topological polar surface area (TPSA) is 55.1 Å². The lowest BCUT2D eigenvalue weighted by atomic mass is 9.94. The average Bonchev–Trinajstić information content (AvgIpc) is 2.45. The number of nitrogens with one attached hydrogen (secondary N) is 1. The van der Waals surface area contributed by atoms with Gasteiger partial charge in [-0.05, 0) is 51.3 Å². The van der Waals surface area contributed by atoms with Gasteiger partial charge in [-0.1, -0.05) is 32.6 Å². The maximum atomic E-state index is 11.6. The molecule has 20 heavy (non-hydrogen) atoms. The van der Waals surface area contributed by atoms with E-state index in [0.29, 0.717) is 0 Å². The van der Waals surface area contributed by atoms with E-state index in [2.05, 4.69) is 24.0 Å². The summed E-state index contributed by atoms with van der Waals surface area (Å²) in [7, 11) is 0. The second kappa shape index (κ2) is 9.67. The van der Waals surface area contributed by atoms with Crippen molar-refractivity contribution in [3.63, 3.8) is 0 Å². The number of amides is 1. The molecule has 1 atom stereocenters. The highest BCUT2D eigenvalue weighted by Gasteiger charge is 2.29. The Morgan fingerprint density at radius 3 is 2.60 bits per heavy atom. The molecule has 1 unspecified atom stereocenters. The summed E-state index contributed by atoms with van der Waals surface area (Å²) in [6, 6.07) is 0. The Labute approximate surface area is 128 Å². The molecule has 1 fully saturated rings. The number of hydrogen-bond donors (Lipinski definition) is 2. The fourth-order valence-electron chi connectivity index (χ4n) is 2.76. The predicted octanol–water partition coefficient (Wildman–Crippen LogP) is 3.47. The molecule has 0 spiro atoms. The minimum atomic E-state index is -0.522. The van der Waals surface area contributed by atoms with Crippen LogP contribution in [-0.2, 0) is 4.79 Å². The quantitative estimate of drug-likeness (QED) is 0.607.